The molecule has 41 heavy (non-hydrogen) atoms. The molecule has 4 rings (SSSR count). The average molecular weight is 569 g/mol. The molecule has 3 aromatic rings. The van der Waals surface area contributed by atoms with Crippen LogP contribution in [0, 0.1) is 13.8 Å². The number of carbonyl (C=O) groups is 1. The monoisotopic (exact) mass is 568 g/mol. The summed E-state index contributed by atoms with van der Waals surface area (Å²) in [6.45, 7) is 7.63. The number of amides is 1. The highest BCUT2D eigenvalue weighted by atomic mass is 19.4. The minimum atomic E-state index is -4.55. The van der Waals surface area contributed by atoms with Crippen LogP contribution < -0.4 is 20.6 Å². The standard InChI is InChI=1S/C30H35F3N6O2/c1-18(2)37(5)16-23-10-24(13-26(20(23)4)30(31,32)33)35-29(40)21-9-8-19(3)27(12-21)39-17-28(38(6)36-39)22-11-25(41-7)15-34-14-22/h8-15,17-18,36H,16H2,1-7H3,(H,35,40). The smallest absolute Gasteiger partial charge is 0.416 e. The lowest BCUT2D eigenvalue weighted by molar-refractivity contribution is -0.138. The first-order valence-electron chi connectivity index (χ1n) is 13.1. The van der Waals surface area contributed by atoms with Gasteiger partial charge in [-0.3, -0.25) is 24.7 Å². The Morgan fingerprint density at radius 1 is 1.15 bits per heavy atom. The van der Waals surface area contributed by atoms with Crippen molar-refractivity contribution in [2.75, 3.05) is 31.5 Å². The number of carbonyl (C=O) groups excluding carboxylic acids is 1. The largest absolute Gasteiger partial charge is 0.495 e. The maximum atomic E-state index is 13.9. The lowest BCUT2D eigenvalue weighted by Crippen LogP contribution is -2.38. The van der Waals surface area contributed by atoms with Crippen LogP contribution in [0.1, 0.15) is 52.0 Å². The topological polar surface area (TPSA) is 73.0 Å². The number of benzene rings is 2. The Morgan fingerprint density at radius 3 is 2.54 bits per heavy atom. The molecule has 0 unspecified atom stereocenters. The number of pyridine rings is 1. The average Bonchev–Trinajstić information content (AvgIpc) is 3.31. The number of aryl methyl sites for hydroxylation is 1. The van der Waals surface area contributed by atoms with E-state index in [1.807, 2.05) is 57.0 Å². The molecular formula is C30H35F3N6O2. The van der Waals surface area contributed by atoms with Crippen LogP contribution in [0.15, 0.2) is 55.0 Å². The van der Waals surface area contributed by atoms with Crippen LogP contribution in [-0.2, 0) is 12.7 Å². The quantitative estimate of drug-likeness (QED) is 0.346. The predicted octanol–water partition coefficient (Wildman–Crippen LogP) is 5.99. The zero-order valence-corrected chi connectivity index (χ0v) is 24.2. The van der Waals surface area contributed by atoms with E-state index in [1.165, 1.54) is 6.92 Å². The van der Waals surface area contributed by atoms with Crippen molar-refractivity contribution in [2.45, 2.75) is 46.5 Å². The summed E-state index contributed by atoms with van der Waals surface area (Å²) in [5.41, 5.74) is 6.75. The van der Waals surface area contributed by atoms with Gasteiger partial charge in [-0.2, -0.15) is 13.2 Å². The van der Waals surface area contributed by atoms with Crippen molar-refractivity contribution < 1.29 is 22.7 Å². The molecule has 11 heteroatoms. The Labute approximate surface area is 238 Å². The third-order valence-corrected chi connectivity index (χ3v) is 7.23. The summed E-state index contributed by atoms with van der Waals surface area (Å²) in [4.78, 5) is 19.5. The number of nitrogens with zero attached hydrogens (tertiary/aromatic N) is 4. The molecule has 0 saturated heterocycles. The molecule has 0 fully saturated rings. The molecule has 218 valence electrons. The number of rotatable bonds is 8. The summed E-state index contributed by atoms with van der Waals surface area (Å²) >= 11 is 0. The summed E-state index contributed by atoms with van der Waals surface area (Å²) in [6, 6.07) is 9.75. The number of halogens is 3. The Balaban J connectivity index is 1.63. The minimum absolute atomic E-state index is 0.0916. The fraction of sp³-hybridized carbons (Fsp3) is 0.333. The number of aromatic nitrogens is 1. The van der Waals surface area contributed by atoms with Crippen molar-refractivity contribution in [1.82, 2.24) is 20.4 Å². The van der Waals surface area contributed by atoms with Crippen LogP contribution in [0.3, 0.4) is 0 Å². The summed E-state index contributed by atoms with van der Waals surface area (Å²) < 4.78 is 47.0. The molecule has 2 heterocycles. The third-order valence-electron chi connectivity index (χ3n) is 7.23. The van der Waals surface area contributed by atoms with Crippen LogP contribution in [0.2, 0.25) is 0 Å². The van der Waals surface area contributed by atoms with Crippen molar-refractivity contribution in [1.29, 1.82) is 0 Å². The van der Waals surface area contributed by atoms with Gasteiger partial charge in [-0.15, -0.1) is 5.53 Å². The van der Waals surface area contributed by atoms with Crippen molar-refractivity contribution in [3.05, 3.63) is 88.4 Å². The molecular weight excluding hydrogens is 533 g/mol. The van der Waals surface area contributed by atoms with Crippen LogP contribution in [0.25, 0.3) is 5.70 Å². The van der Waals surface area contributed by atoms with E-state index in [0.29, 0.717) is 29.1 Å². The summed E-state index contributed by atoms with van der Waals surface area (Å²) in [7, 11) is 5.27. The number of anilines is 2. The SMILES string of the molecule is COc1cncc(C2=CN(c3cc(C(=O)Nc4cc(CN(C)C(C)C)c(C)c(C(F)(F)F)c4)ccc3C)NN2C)c1. The zero-order chi connectivity index (χ0) is 30.1. The Hall–Kier alpha value is -4.09. The van der Waals surface area contributed by atoms with E-state index < -0.39 is 17.6 Å². The molecule has 0 spiro atoms. The molecule has 1 amide bonds. The fourth-order valence-electron chi connectivity index (χ4n) is 4.49. The second-order valence-electron chi connectivity index (χ2n) is 10.4. The molecule has 2 aromatic carbocycles. The van der Waals surface area contributed by atoms with Gasteiger partial charge in [-0.05, 0) is 81.8 Å². The van der Waals surface area contributed by atoms with Gasteiger partial charge in [0.2, 0.25) is 0 Å². The van der Waals surface area contributed by atoms with Gasteiger partial charge in [-0.25, -0.2) is 0 Å². The number of hydrazine groups is 2. The lowest BCUT2D eigenvalue weighted by Gasteiger charge is -2.24. The molecule has 0 aliphatic carbocycles. The van der Waals surface area contributed by atoms with E-state index in [9.17, 15) is 18.0 Å². The first-order chi connectivity index (χ1) is 19.3. The van der Waals surface area contributed by atoms with Crippen molar-refractivity contribution in [3.8, 4) is 5.75 Å². The van der Waals surface area contributed by atoms with Crippen LogP contribution in [-0.4, -0.2) is 48.0 Å². The van der Waals surface area contributed by atoms with E-state index in [-0.39, 0.29) is 17.3 Å². The molecule has 2 N–H and O–H groups in total. The normalized spacial score (nSPS) is 13.7. The molecule has 1 aromatic heterocycles. The number of ether oxygens (including phenoxy) is 1. The highest BCUT2D eigenvalue weighted by Gasteiger charge is 2.34. The summed E-state index contributed by atoms with van der Waals surface area (Å²) in [5.74, 6) is 0.106. The predicted molar refractivity (Wildman–Crippen MR) is 154 cm³/mol. The zero-order valence-electron chi connectivity index (χ0n) is 24.2. The highest BCUT2D eigenvalue weighted by molar-refractivity contribution is 6.05. The summed E-state index contributed by atoms with van der Waals surface area (Å²) in [5, 5.41) is 6.27. The van der Waals surface area contributed by atoms with Gasteiger partial charge >= 0.3 is 6.18 Å². The Bertz CT molecular complexity index is 1470. The van der Waals surface area contributed by atoms with Gasteiger partial charge in [0.05, 0.1) is 30.3 Å². The summed E-state index contributed by atoms with van der Waals surface area (Å²) in [6.07, 6.45) is 0.654. The molecule has 0 saturated carbocycles. The first-order valence-corrected chi connectivity index (χ1v) is 13.1. The molecule has 0 atom stereocenters. The number of hydrogen-bond donors (Lipinski definition) is 2. The Kier molecular flexibility index (Phi) is 8.60. The minimum Gasteiger partial charge on any atom is -0.495 e. The second-order valence-corrected chi connectivity index (χ2v) is 10.4. The van der Waals surface area contributed by atoms with E-state index >= 15 is 0 Å². The van der Waals surface area contributed by atoms with E-state index in [0.717, 1.165) is 22.9 Å². The van der Waals surface area contributed by atoms with E-state index in [4.69, 9.17) is 4.74 Å². The molecule has 1 aliphatic heterocycles. The van der Waals surface area contributed by atoms with Gasteiger partial charge < -0.3 is 10.1 Å². The highest BCUT2D eigenvalue weighted by Crippen LogP contribution is 2.36. The molecule has 0 radical (unpaired) electrons. The van der Waals surface area contributed by atoms with Crippen molar-refractivity contribution in [3.63, 3.8) is 0 Å². The molecule has 1 aliphatic rings. The maximum absolute atomic E-state index is 13.9. The maximum Gasteiger partial charge on any atom is 0.416 e. The van der Waals surface area contributed by atoms with Gasteiger partial charge in [0.25, 0.3) is 5.91 Å². The van der Waals surface area contributed by atoms with E-state index in [2.05, 4.69) is 15.8 Å². The van der Waals surface area contributed by atoms with Crippen LogP contribution in [0.5, 0.6) is 5.75 Å². The number of hydrogen-bond acceptors (Lipinski definition) is 7. The lowest BCUT2D eigenvalue weighted by atomic mass is 9.99. The van der Waals surface area contributed by atoms with Gasteiger partial charge in [0.15, 0.2) is 0 Å². The van der Waals surface area contributed by atoms with Crippen molar-refractivity contribution >= 4 is 23.0 Å². The second kappa shape index (κ2) is 11.8. The van der Waals surface area contributed by atoms with Crippen molar-refractivity contribution in [2.24, 2.45) is 0 Å². The number of methoxy groups -OCH3 is 1. The van der Waals surface area contributed by atoms with Gasteiger partial charge in [-0.1, -0.05) is 6.07 Å². The van der Waals surface area contributed by atoms with Gasteiger partial charge in [0.1, 0.15) is 5.75 Å². The third kappa shape index (κ3) is 6.63. The first kappa shape index (κ1) is 29.9. The van der Waals surface area contributed by atoms with Crippen LogP contribution in [0.4, 0.5) is 24.5 Å². The number of alkyl halides is 3. The number of nitrogens with one attached hydrogen (secondary N) is 2. The van der Waals surface area contributed by atoms with E-state index in [1.54, 1.807) is 48.8 Å². The Morgan fingerprint density at radius 2 is 1.88 bits per heavy atom. The van der Waals surface area contributed by atoms with Crippen LogP contribution >= 0.6 is 0 Å². The molecule has 8 nitrogen and oxygen atoms in total. The molecule has 0 bridgehead atoms. The fourth-order valence-corrected chi connectivity index (χ4v) is 4.49. The van der Waals surface area contributed by atoms with Gasteiger partial charge in [0, 0.05) is 48.8 Å².